The summed E-state index contributed by atoms with van der Waals surface area (Å²) in [6, 6.07) is 5.27. The molecule has 0 saturated heterocycles. The van der Waals surface area contributed by atoms with E-state index >= 15 is 0 Å². The molecule has 1 heterocycles. The van der Waals surface area contributed by atoms with Crippen LogP contribution in [0.4, 0.5) is 5.69 Å². The number of anilines is 1. The molecule has 0 fully saturated rings. The number of hydrogen-bond donors (Lipinski definition) is 1. The number of aromatic nitrogens is 1. The molecule has 3 nitrogen and oxygen atoms in total. The van der Waals surface area contributed by atoms with E-state index in [0.717, 1.165) is 21.3 Å². The van der Waals surface area contributed by atoms with Crippen molar-refractivity contribution in [1.29, 1.82) is 0 Å². The Kier molecular flexibility index (Phi) is 4.68. The number of nitrogens with one attached hydrogen (secondary N) is 1. The van der Waals surface area contributed by atoms with Gasteiger partial charge in [0.15, 0.2) is 0 Å². The van der Waals surface area contributed by atoms with Crippen molar-refractivity contribution in [3.63, 3.8) is 0 Å². The van der Waals surface area contributed by atoms with E-state index in [2.05, 4.69) is 26.2 Å². The Morgan fingerprint density at radius 3 is 2.35 bits per heavy atom. The van der Waals surface area contributed by atoms with Crippen LogP contribution >= 0.6 is 39.1 Å². The van der Waals surface area contributed by atoms with E-state index in [4.69, 9.17) is 23.2 Å². The first-order chi connectivity index (χ1) is 9.38. The highest BCUT2D eigenvalue weighted by atomic mass is 79.9. The highest BCUT2D eigenvalue weighted by molar-refractivity contribution is 9.10. The Balaban J connectivity index is 2.25. The number of rotatable bonds is 2. The minimum atomic E-state index is -0.280. The molecule has 1 amide bonds. The molecule has 1 aromatic carbocycles. The second kappa shape index (κ2) is 6.12. The van der Waals surface area contributed by atoms with Gasteiger partial charge in [-0.3, -0.25) is 4.79 Å². The van der Waals surface area contributed by atoms with Crippen LogP contribution in [0, 0.1) is 13.8 Å². The number of carbonyl (C=O) groups excluding carboxylic acids is 1. The van der Waals surface area contributed by atoms with E-state index in [0.29, 0.717) is 5.56 Å². The zero-order valence-corrected chi connectivity index (χ0v) is 13.9. The molecule has 1 N–H and O–H groups in total. The number of pyridine rings is 1. The first kappa shape index (κ1) is 15.3. The fourth-order valence-corrected chi connectivity index (χ4v) is 2.27. The quantitative estimate of drug-likeness (QED) is 0.751. The van der Waals surface area contributed by atoms with E-state index in [1.54, 1.807) is 0 Å². The largest absolute Gasteiger partial charge is 0.322 e. The smallest absolute Gasteiger partial charge is 0.257 e. The number of nitrogens with zero attached hydrogens (tertiary/aromatic N) is 1. The van der Waals surface area contributed by atoms with Crippen molar-refractivity contribution >= 4 is 50.7 Å². The maximum Gasteiger partial charge on any atom is 0.257 e. The van der Waals surface area contributed by atoms with Crippen LogP contribution in [0.2, 0.25) is 10.2 Å². The summed E-state index contributed by atoms with van der Waals surface area (Å²) in [7, 11) is 0. The summed E-state index contributed by atoms with van der Waals surface area (Å²) >= 11 is 15.1. The Bertz CT molecular complexity index is 666. The Labute approximate surface area is 135 Å². The van der Waals surface area contributed by atoms with Crippen LogP contribution in [0.15, 0.2) is 28.9 Å². The molecule has 0 atom stereocenters. The molecule has 0 aliphatic carbocycles. The van der Waals surface area contributed by atoms with E-state index in [-0.39, 0.29) is 16.1 Å². The van der Waals surface area contributed by atoms with Crippen LogP contribution < -0.4 is 5.32 Å². The van der Waals surface area contributed by atoms with Crippen LogP contribution in [0.5, 0.6) is 0 Å². The molecule has 104 valence electrons. The molecule has 0 spiro atoms. The van der Waals surface area contributed by atoms with Crippen LogP contribution in [0.1, 0.15) is 21.5 Å². The molecule has 0 radical (unpaired) electrons. The average Bonchev–Trinajstić information content (AvgIpc) is 2.39. The lowest BCUT2D eigenvalue weighted by Crippen LogP contribution is -2.12. The molecule has 20 heavy (non-hydrogen) atoms. The van der Waals surface area contributed by atoms with Crippen molar-refractivity contribution < 1.29 is 4.79 Å². The summed E-state index contributed by atoms with van der Waals surface area (Å²) in [5.74, 6) is -0.280. The molecule has 6 heteroatoms. The van der Waals surface area contributed by atoms with Gasteiger partial charge in [-0.05, 0) is 43.2 Å². The maximum atomic E-state index is 12.1. The first-order valence-electron chi connectivity index (χ1n) is 5.77. The summed E-state index contributed by atoms with van der Waals surface area (Å²) in [6.07, 6.45) is 1.39. The highest BCUT2D eigenvalue weighted by Gasteiger charge is 2.10. The van der Waals surface area contributed by atoms with E-state index in [1.807, 2.05) is 26.0 Å². The van der Waals surface area contributed by atoms with Crippen molar-refractivity contribution in [2.75, 3.05) is 5.32 Å². The lowest BCUT2D eigenvalue weighted by molar-refractivity contribution is 0.102. The average molecular weight is 374 g/mol. The zero-order chi connectivity index (χ0) is 14.9. The monoisotopic (exact) mass is 372 g/mol. The van der Waals surface area contributed by atoms with Gasteiger partial charge in [0.25, 0.3) is 5.91 Å². The molecule has 1 aromatic heterocycles. The summed E-state index contributed by atoms with van der Waals surface area (Å²) in [4.78, 5) is 16.0. The lowest BCUT2D eigenvalue weighted by Gasteiger charge is -2.10. The van der Waals surface area contributed by atoms with Gasteiger partial charge in [0.2, 0.25) is 0 Å². The number of carbonyl (C=O) groups is 1. The molecule has 0 bridgehead atoms. The summed E-state index contributed by atoms with van der Waals surface area (Å²) in [5, 5.41) is 3.24. The van der Waals surface area contributed by atoms with Crippen LogP contribution in [-0.2, 0) is 0 Å². The third-order valence-corrected chi connectivity index (χ3v) is 4.69. The minimum absolute atomic E-state index is 0.179. The molecule has 0 aliphatic rings. The van der Waals surface area contributed by atoms with Gasteiger partial charge in [0.05, 0.1) is 10.6 Å². The SMILES string of the molecule is Cc1cc(NC(=O)c2cnc(Cl)c(Cl)c2)cc(C)c1Br. The predicted octanol–water partition coefficient (Wildman–Crippen LogP) is 5.02. The van der Waals surface area contributed by atoms with Gasteiger partial charge in [-0.25, -0.2) is 4.98 Å². The van der Waals surface area contributed by atoms with Crippen molar-refractivity contribution in [3.05, 3.63) is 55.7 Å². The molecule has 2 rings (SSSR count). The minimum Gasteiger partial charge on any atom is -0.322 e. The van der Waals surface area contributed by atoms with Gasteiger partial charge in [-0.15, -0.1) is 0 Å². The molecule has 0 saturated carbocycles. The second-order valence-electron chi connectivity index (χ2n) is 4.37. The van der Waals surface area contributed by atoms with E-state index in [9.17, 15) is 4.79 Å². The van der Waals surface area contributed by atoms with Gasteiger partial charge < -0.3 is 5.32 Å². The number of aryl methyl sites for hydroxylation is 2. The Hall–Kier alpha value is -1.10. The Morgan fingerprint density at radius 2 is 1.80 bits per heavy atom. The highest BCUT2D eigenvalue weighted by Crippen LogP contribution is 2.26. The lowest BCUT2D eigenvalue weighted by atomic mass is 10.1. The standard InChI is InChI=1S/C14H11BrCl2N2O/c1-7-3-10(4-8(2)12(7)15)19-14(20)9-5-11(16)13(17)18-6-9/h3-6H,1-2H3,(H,19,20). The third-order valence-electron chi connectivity index (χ3n) is 2.75. The molecule has 2 aromatic rings. The number of benzene rings is 1. The summed E-state index contributed by atoms with van der Waals surface area (Å²) < 4.78 is 1.03. The van der Waals surface area contributed by atoms with Gasteiger partial charge in [0.1, 0.15) is 5.15 Å². The van der Waals surface area contributed by atoms with Crippen molar-refractivity contribution in [2.24, 2.45) is 0 Å². The maximum absolute atomic E-state index is 12.1. The molecule has 0 unspecified atom stereocenters. The van der Waals surface area contributed by atoms with Crippen LogP contribution in [0.25, 0.3) is 0 Å². The van der Waals surface area contributed by atoms with Crippen LogP contribution in [-0.4, -0.2) is 10.9 Å². The van der Waals surface area contributed by atoms with Crippen molar-refractivity contribution in [3.8, 4) is 0 Å². The first-order valence-corrected chi connectivity index (χ1v) is 7.32. The second-order valence-corrected chi connectivity index (χ2v) is 5.93. The fraction of sp³-hybridized carbons (Fsp3) is 0.143. The topological polar surface area (TPSA) is 42.0 Å². The van der Waals surface area contributed by atoms with Crippen LogP contribution in [0.3, 0.4) is 0 Å². The van der Waals surface area contributed by atoms with Gasteiger partial charge in [-0.1, -0.05) is 39.1 Å². The molecular weight excluding hydrogens is 363 g/mol. The summed E-state index contributed by atoms with van der Waals surface area (Å²) in [5.41, 5.74) is 3.18. The van der Waals surface area contributed by atoms with Gasteiger partial charge >= 0.3 is 0 Å². The fourth-order valence-electron chi connectivity index (χ4n) is 1.77. The molecular formula is C14H11BrCl2N2O. The predicted molar refractivity (Wildman–Crippen MR) is 85.8 cm³/mol. The van der Waals surface area contributed by atoms with Gasteiger partial charge in [0, 0.05) is 16.4 Å². The number of halogens is 3. The van der Waals surface area contributed by atoms with E-state index in [1.165, 1.54) is 12.3 Å². The third kappa shape index (κ3) is 3.32. The van der Waals surface area contributed by atoms with Gasteiger partial charge in [-0.2, -0.15) is 0 Å². The number of hydrogen-bond acceptors (Lipinski definition) is 2. The normalized spacial score (nSPS) is 10.4. The zero-order valence-electron chi connectivity index (χ0n) is 10.8. The Morgan fingerprint density at radius 1 is 1.20 bits per heavy atom. The van der Waals surface area contributed by atoms with Crippen molar-refractivity contribution in [2.45, 2.75) is 13.8 Å². The van der Waals surface area contributed by atoms with Crippen molar-refractivity contribution in [1.82, 2.24) is 4.98 Å². The molecule has 0 aliphatic heterocycles. The summed E-state index contributed by atoms with van der Waals surface area (Å²) in [6.45, 7) is 3.93. The number of amides is 1. The van der Waals surface area contributed by atoms with E-state index < -0.39 is 0 Å².